The SMILES string of the molecule is NCC(CC(=O)O)CN1CC2CC2C1=O. The van der Waals surface area contributed by atoms with Crippen molar-refractivity contribution in [2.24, 2.45) is 23.5 Å². The molecule has 0 spiro atoms. The van der Waals surface area contributed by atoms with Crippen LogP contribution in [-0.4, -0.2) is 41.5 Å². The number of carboxylic acid groups (broad SMARTS) is 1. The van der Waals surface area contributed by atoms with Crippen molar-refractivity contribution in [3.63, 3.8) is 0 Å². The topological polar surface area (TPSA) is 83.6 Å². The maximum atomic E-state index is 11.6. The molecule has 2 fully saturated rings. The highest BCUT2D eigenvalue weighted by Crippen LogP contribution is 2.46. The molecule has 1 saturated heterocycles. The van der Waals surface area contributed by atoms with Gasteiger partial charge in [-0.25, -0.2) is 0 Å². The molecule has 3 unspecified atom stereocenters. The van der Waals surface area contributed by atoms with Crippen LogP contribution in [0.4, 0.5) is 0 Å². The number of carbonyl (C=O) groups is 2. The average Bonchev–Trinajstić information content (AvgIpc) is 2.87. The number of nitrogens with zero attached hydrogens (tertiary/aromatic N) is 1. The summed E-state index contributed by atoms with van der Waals surface area (Å²) in [5.41, 5.74) is 5.49. The van der Waals surface area contributed by atoms with E-state index in [4.69, 9.17) is 10.8 Å². The predicted molar refractivity (Wildman–Crippen MR) is 53.0 cm³/mol. The molecular weight excluding hydrogens is 196 g/mol. The first-order chi connectivity index (χ1) is 7.11. The van der Waals surface area contributed by atoms with Gasteiger partial charge in [0.25, 0.3) is 0 Å². The van der Waals surface area contributed by atoms with Crippen LogP contribution < -0.4 is 5.73 Å². The zero-order valence-electron chi connectivity index (χ0n) is 8.56. The lowest BCUT2D eigenvalue weighted by atomic mass is 10.1. The van der Waals surface area contributed by atoms with Gasteiger partial charge in [-0.3, -0.25) is 9.59 Å². The Labute approximate surface area is 88.2 Å². The van der Waals surface area contributed by atoms with Crippen LogP contribution in [0.2, 0.25) is 0 Å². The molecule has 3 N–H and O–H groups in total. The van der Waals surface area contributed by atoms with E-state index in [-0.39, 0.29) is 24.2 Å². The molecule has 5 nitrogen and oxygen atoms in total. The third-order valence-electron chi connectivity index (χ3n) is 3.28. The number of nitrogens with two attached hydrogens (primary N) is 1. The first kappa shape index (κ1) is 10.4. The normalized spacial score (nSPS) is 30.2. The van der Waals surface area contributed by atoms with Crippen LogP contribution in [0.1, 0.15) is 12.8 Å². The van der Waals surface area contributed by atoms with E-state index in [0.29, 0.717) is 19.0 Å². The largest absolute Gasteiger partial charge is 0.481 e. The number of fused-ring (bicyclic) bond motifs is 1. The molecule has 0 radical (unpaired) electrons. The van der Waals surface area contributed by atoms with E-state index < -0.39 is 5.97 Å². The first-order valence-corrected chi connectivity index (χ1v) is 5.32. The summed E-state index contributed by atoms with van der Waals surface area (Å²) < 4.78 is 0. The molecule has 1 amide bonds. The number of likely N-dealkylation sites (tertiary alicyclic amines) is 1. The van der Waals surface area contributed by atoms with Gasteiger partial charge < -0.3 is 15.7 Å². The molecular formula is C10H16N2O3. The van der Waals surface area contributed by atoms with Gasteiger partial charge in [-0.2, -0.15) is 0 Å². The van der Waals surface area contributed by atoms with Crippen LogP contribution in [0, 0.1) is 17.8 Å². The predicted octanol–water partition coefficient (Wildman–Crippen LogP) is -0.486. The fourth-order valence-corrected chi connectivity index (χ4v) is 2.30. The van der Waals surface area contributed by atoms with Gasteiger partial charge in [0.05, 0.1) is 6.42 Å². The minimum Gasteiger partial charge on any atom is -0.481 e. The minimum absolute atomic E-state index is 0.0512. The molecule has 5 heteroatoms. The van der Waals surface area contributed by atoms with E-state index in [1.54, 1.807) is 4.90 Å². The summed E-state index contributed by atoms with van der Waals surface area (Å²) in [6.45, 7) is 1.64. The minimum atomic E-state index is -0.845. The summed E-state index contributed by atoms with van der Waals surface area (Å²) in [4.78, 5) is 23.9. The first-order valence-electron chi connectivity index (χ1n) is 5.32. The number of carbonyl (C=O) groups excluding carboxylic acids is 1. The summed E-state index contributed by atoms with van der Waals surface area (Å²) in [5.74, 6) is 0.0315. The van der Waals surface area contributed by atoms with Crippen LogP contribution in [-0.2, 0) is 9.59 Å². The van der Waals surface area contributed by atoms with Crippen molar-refractivity contribution >= 4 is 11.9 Å². The number of aliphatic carboxylic acids is 1. The molecule has 0 aromatic heterocycles. The number of hydrogen-bond donors (Lipinski definition) is 2. The molecule has 3 atom stereocenters. The lowest BCUT2D eigenvalue weighted by molar-refractivity contribution is -0.139. The Bertz CT molecular complexity index is 292. The molecule has 1 heterocycles. The Morgan fingerprint density at radius 3 is 2.87 bits per heavy atom. The number of amides is 1. The second-order valence-electron chi connectivity index (χ2n) is 4.55. The standard InChI is InChI=1S/C10H16N2O3/c11-3-6(1-9(13)14)4-12-5-7-2-8(7)10(12)15/h6-8H,1-5,11H2,(H,13,14). The van der Waals surface area contributed by atoms with Crippen LogP contribution in [0.5, 0.6) is 0 Å². The van der Waals surface area contributed by atoms with E-state index in [0.717, 1.165) is 13.0 Å². The lowest BCUT2D eigenvalue weighted by Crippen LogP contribution is -2.36. The molecule has 84 valence electrons. The monoisotopic (exact) mass is 212 g/mol. The summed E-state index contributed by atoms with van der Waals surface area (Å²) in [6.07, 6.45) is 1.08. The van der Waals surface area contributed by atoms with E-state index in [1.807, 2.05) is 0 Å². The number of rotatable bonds is 5. The molecule has 0 bridgehead atoms. The molecule has 0 aromatic carbocycles. The molecule has 1 saturated carbocycles. The molecule has 1 aliphatic heterocycles. The Hall–Kier alpha value is -1.10. The smallest absolute Gasteiger partial charge is 0.303 e. The summed E-state index contributed by atoms with van der Waals surface area (Å²) >= 11 is 0. The maximum Gasteiger partial charge on any atom is 0.303 e. The highest BCUT2D eigenvalue weighted by Gasteiger charge is 2.52. The Balaban J connectivity index is 1.84. The van der Waals surface area contributed by atoms with Gasteiger partial charge in [0.2, 0.25) is 5.91 Å². The third kappa shape index (κ3) is 2.12. The van der Waals surface area contributed by atoms with Crippen LogP contribution in [0.3, 0.4) is 0 Å². The summed E-state index contributed by atoms with van der Waals surface area (Å²) in [7, 11) is 0. The Kier molecular flexibility index (Phi) is 2.65. The van der Waals surface area contributed by atoms with Crippen LogP contribution in [0.25, 0.3) is 0 Å². The average molecular weight is 212 g/mol. The zero-order chi connectivity index (χ0) is 11.0. The quantitative estimate of drug-likeness (QED) is 0.644. The molecule has 15 heavy (non-hydrogen) atoms. The van der Waals surface area contributed by atoms with Gasteiger partial charge >= 0.3 is 5.97 Å². The Morgan fingerprint density at radius 2 is 2.40 bits per heavy atom. The number of carboxylic acids is 1. The molecule has 2 rings (SSSR count). The van der Waals surface area contributed by atoms with Gasteiger partial charge in [-0.15, -0.1) is 0 Å². The molecule has 2 aliphatic rings. The van der Waals surface area contributed by atoms with Gasteiger partial charge in [0, 0.05) is 19.0 Å². The summed E-state index contributed by atoms with van der Waals surface area (Å²) in [5, 5.41) is 8.66. The van der Waals surface area contributed by atoms with E-state index in [1.165, 1.54) is 0 Å². The van der Waals surface area contributed by atoms with Gasteiger partial charge in [-0.05, 0) is 24.8 Å². The summed E-state index contributed by atoms with van der Waals surface area (Å²) in [6, 6.07) is 0. The van der Waals surface area contributed by atoms with Crippen LogP contribution >= 0.6 is 0 Å². The van der Waals surface area contributed by atoms with Crippen molar-refractivity contribution in [3.05, 3.63) is 0 Å². The van der Waals surface area contributed by atoms with E-state index in [9.17, 15) is 9.59 Å². The van der Waals surface area contributed by atoms with Crippen molar-refractivity contribution in [3.8, 4) is 0 Å². The zero-order valence-corrected chi connectivity index (χ0v) is 8.56. The Morgan fingerprint density at radius 1 is 1.67 bits per heavy atom. The highest BCUT2D eigenvalue weighted by atomic mass is 16.4. The highest BCUT2D eigenvalue weighted by molar-refractivity contribution is 5.84. The lowest BCUT2D eigenvalue weighted by Gasteiger charge is -2.23. The molecule has 0 aromatic rings. The number of piperidine rings is 1. The molecule has 1 aliphatic carbocycles. The van der Waals surface area contributed by atoms with Crippen molar-refractivity contribution in [1.82, 2.24) is 4.90 Å². The second kappa shape index (κ2) is 3.81. The fraction of sp³-hybridized carbons (Fsp3) is 0.800. The van der Waals surface area contributed by atoms with E-state index >= 15 is 0 Å². The third-order valence-corrected chi connectivity index (χ3v) is 3.28. The van der Waals surface area contributed by atoms with Crippen molar-refractivity contribution < 1.29 is 14.7 Å². The van der Waals surface area contributed by atoms with Gasteiger partial charge in [-0.1, -0.05) is 0 Å². The fourth-order valence-electron chi connectivity index (χ4n) is 2.30. The van der Waals surface area contributed by atoms with Crippen molar-refractivity contribution in [2.75, 3.05) is 19.6 Å². The number of hydrogen-bond acceptors (Lipinski definition) is 3. The van der Waals surface area contributed by atoms with Gasteiger partial charge in [0.1, 0.15) is 0 Å². The van der Waals surface area contributed by atoms with Crippen molar-refractivity contribution in [1.29, 1.82) is 0 Å². The maximum absolute atomic E-state index is 11.6. The second-order valence-corrected chi connectivity index (χ2v) is 4.55. The van der Waals surface area contributed by atoms with Gasteiger partial charge in [0.15, 0.2) is 0 Å². The van der Waals surface area contributed by atoms with Crippen molar-refractivity contribution in [2.45, 2.75) is 12.8 Å². The van der Waals surface area contributed by atoms with E-state index in [2.05, 4.69) is 0 Å². The van der Waals surface area contributed by atoms with Crippen LogP contribution in [0.15, 0.2) is 0 Å².